The van der Waals surface area contributed by atoms with E-state index in [1.165, 1.54) is 0 Å². The van der Waals surface area contributed by atoms with Gasteiger partial charge in [-0.2, -0.15) is 5.10 Å². The van der Waals surface area contributed by atoms with Crippen molar-refractivity contribution in [1.82, 2.24) is 24.5 Å². The number of carboxylic acid groups (broad SMARTS) is 1. The molecule has 0 radical (unpaired) electrons. The molecule has 3 aromatic carbocycles. The lowest BCUT2D eigenvalue weighted by Gasteiger charge is -2.12. The van der Waals surface area contributed by atoms with Gasteiger partial charge in [0.15, 0.2) is 11.5 Å². The zero-order chi connectivity index (χ0) is 33.5. The molecule has 0 fully saturated rings. The van der Waals surface area contributed by atoms with Crippen molar-refractivity contribution in [2.24, 2.45) is 0 Å². The topological polar surface area (TPSA) is 127 Å². The van der Waals surface area contributed by atoms with Gasteiger partial charge < -0.3 is 23.7 Å². The number of carbonyl (C=O) groups is 1. The maximum absolute atomic E-state index is 11.0. The summed E-state index contributed by atoms with van der Waals surface area (Å²) in [5.41, 5.74) is 5.71. The van der Waals surface area contributed by atoms with E-state index in [0.717, 1.165) is 34.5 Å². The summed E-state index contributed by atoms with van der Waals surface area (Å²) < 4.78 is 27.5. The second kappa shape index (κ2) is 14.5. The van der Waals surface area contributed by atoms with Gasteiger partial charge in [0.05, 0.1) is 31.0 Å². The number of hydrogen-bond donors (Lipinski definition) is 1. The van der Waals surface area contributed by atoms with Gasteiger partial charge in [0, 0.05) is 30.1 Å². The normalized spacial score (nSPS) is 11.2. The molecule has 0 atom stereocenters. The van der Waals surface area contributed by atoms with E-state index in [2.05, 4.69) is 10.1 Å². The van der Waals surface area contributed by atoms with Crippen molar-refractivity contribution in [2.45, 2.75) is 40.0 Å². The molecule has 0 amide bonds. The molecule has 3 aromatic heterocycles. The number of hydrogen-bond acceptors (Lipinski definition) is 8. The highest BCUT2D eigenvalue weighted by atomic mass is 16.5. The van der Waals surface area contributed by atoms with Crippen molar-refractivity contribution < 1.29 is 28.5 Å². The predicted octanol–water partition coefficient (Wildman–Crippen LogP) is 7.02. The number of ether oxygens (including phenoxy) is 3. The van der Waals surface area contributed by atoms with E-state index in [-0.39, 0.29) is 19.6 Å². The highest BCUT2D eigenvalue weighted by Crippen LogP contribution is 2.31. The minimum absolute atomic E-state index is 0.0410. The van der Waals surface area contributed by atoms with E-state index in [9.17, 15) is 4.79 Å². The molecule has 6 aromatic rings. The first-order chi connectivity index (χ1) is 23.4. The lowest BCUT2D eigenvalue weighted by Crippen LogP contribution is -2.02. The molecule has 1 N–H and O–H groups in total. The molecule has 48 heavy (non-hydrogen) atoms. The fourth-order valence-electron chi connectivity index (χ4n) is 4.98. The number of nitrogens with zero attached hydrogens (tertiary/aromatic N) is 5. The molecule has 0 saturated carbocycles. The lowest BCUT2D eigenvalue weighted by atomic mass is 10.1. The molecule has 0 aliphatic carbocycles. The van der Waals surface area contributed by atoms with Crippen molar-refractivity contribution in [2.75, 3.05) is 7.11 Å². The Kier molecular flexibility index (Phi) is 9.66. The third kappa shape index (κ3) is 7.64. The minimum atomic E-state index is -0.879. The number of rotatable bonds is 14. The minimum Gasteiger partial charge on any atom is -0.493 e. The first-order valence-electron chi connectivity index (χ1n) is 15.4. The molecule has 0 spiro atoms. The second-order valence-electron chi connectivity index (χ2n) is 11.0. The van der Waals surface area contributed by atoms with E-state index < -0.39 is 5.97 Å². The Labute approximate surface area is 277 Å². The Balaban J connectivity index is 1.14. The Morgan fingerprint density at radius 2 is 1.73 bits per heavy atom. The SMILES string of the molecule is CCn1cc(/C=C\c2cn(-c3ccccc3)nc2OCc2ccc(OCc3nc(-c4ccc(CC(=O)O)cc4)oc3C)c(OC)c2)cn1. The van der Waals surface area contributed by atoms with Gasteiger partial charge in [-0.15, -0.1) is 5.10 Å². The van der Waals surface area contributed by atoms with E-state index in [0.29, 0.717) is 40.3 Å². The number of oxazole rings is 1. The summed E-state index contributed by atoms with van der Waals surface area (Å²) in [7, 11) is 1.59. The summed E-state index contributed by atoms with van der Waals surface area (Å²) in [6, 6.07) is 22.6. The Hall–Kier alpha value is -6.10. The van der Waals surface area contributed by atoms with Gasteiger partial charge in [-0.3, -0.25) is 9.48 Å². The molecule has 0 aliphatic rings. The smallest absolute Gasteiger partial charge is 0.307 e. The molecule has 6 rings (SSSR count). The maximum atomic E-state index is 11.0. The van der Waals surface area contributed by atoms with E-state index in [1.54, 1.807) is 36.1 Å². The van der Waals surface area contributed by atoms with Gasteiger partial charge >= 0.3 is 5.97 Å². The highest BCUT2D eigenvalue weighted by Gasteiger charge is 2.15. The molecular formula is C37H35N5O6. The zero-order valence-electron chi connectivity index (χ0n) is 26.9. The number of aryl methyl sites for hydroxylation is 2. The van der Waals surface area contributed by atoms with Gasteiger partial charge in [-0.1, -0.05) is 42.5 Å². The molecule has 244 valence electrons. The van der Waals surface area contributed by atoms with Crippen LogP contribution in [0.25, 0.3) is 29.3 Å². The summed E-state index contributed by atoms with van der Waals surface area (Å²) in [6.45, 7) is 5.10. The Morgan fingerprint density at radius 1 is 0.938 bits per heavy atom. The third-order valence-corrected chi connectivity index (χ3v) is 7.58. The predicted molar refractivity (Wildman–Crippen MR) is 180 cm³/mol. The average Bonchev–Trinajstić information content (AvgIpc) is 3.84. The van der Waals surface area contributed by atoms with E-state index >= 15 is 0 Å². The molecule has 11 heteroatoms. The fraction of sp³-hybridized carbons (Fsp3) is 0.189. The van der Waals surface area contributed by atoms with Crippen LogP contribution in [0.1, 0.15) is 40.6 Å². The number of aliphatic carboxylic acids is 1. The molecular weight excluding hydrogens is 610 g/mol. The van der Waals surface area contributed by atoms with Crippen molar-refractivity contribution >= 4 is 18.1 Å². The Morgan fingerprint density at radius 3 is 2.46 bits per heavy atom. The van der Waals surface area contributed by atoms with Crippen molar-refractivity contribution in [3.05, 3.63) is 125 Å². The molecule has 3 heterocycles. The molecule has 0 aliphatic heterocycles. The standard InChI is InChI=1S/C37H35N5O6/c1-4-41-21-28(20-38-41)12-16-30-22-42(31-8-6-5-7-9-31)40-37(30)47-23-27-13-17-33(34(18-27)45-3)46-24-32-25(2)48-36(39-32)29-14-10-26(11-15-29)19-35(43)44/h5-18,20-22H,4,19,23-24H2,1-3H3,(H,43,44)/b16-12-. The number of aromatic nitrogens is 5. The molecule has 11 nitrogen and oxygen atoms in total. The van der Waals surface area contributed by atoms with Crippen LogP contribution < -0.4 is 14.2 Å². The van der Waals surface area contributed by atoms with Crippen LogP contribution in [-0.4, -0.2) is 42.7 Å². The number of methoxy groups -OCH3 is 1. The number of carboxylic acids is 1. The van der Waals surface area contributed by atoms with Crippen molar-refractivity contribution in [1.29, 1.82) is 0 Å². The van der Waals surface area contributed by atoms with Gasteiger partial charge in [-0.25, -0.2) is 9.67 Å². The first kappa shape index (κ1) is 31.9. The number of benzene rings is 3. The van der Waals surface area contributed by atoms with Crippen LogP contribution in [-0.2, 0) is 31.0 Å². The third-order valence-electron chi connectivity index (χ3n) is 7.58. The summed E-state index contributed by atoms with van der Waals surface area (Å²) in [5.74, 6) is 1.78. The number of para-hydroxylation sites is 1. The quantitative estimate of drug-likeness (QED) is 0.133. The van der Waals surface area contributed by atoms with Crippen LogP contribution in [0.2, 0.25) is 0 Å². The van der Waals surface area contributed by atoms with Crippen LogP contribution in [0, 0.1) is 6.92 Å². The summed E-state index contributed by atoms with van der Waals surface area (Å²) >= 11 is 0. The second-order valence-corrected chi connectivity index (χ2v) is 11.0. The fourth-order valence-corrected chi connectivity index (χ4v) is 4.98. The van der Waals surface area contributed by atoms with Crippen LogP contribution in [0.5, 0.6) is 17.4 Å². The van der Waals surface area contributed by atoms with Crippen molar-refractivity contribution in [3.8, 4) is 34.5 Å². The van der Waals surface area contributed by atoms with Crippen molar-refractivity contribution in [3.63, 3.8) is 0 Å². The summed E-state index contributed by atoms with van der Waals surface area (Å²) in [4.78, 5) is 15.6. The maximum Gasteiger partial charge on any atom is 0.307 e. The van der Waals surface area contributed by atoms with Crippen LogP contribution in [0.4, 0.5) is 0 Å². The Bertz CT molecular complexity index is 2030. The van der Waals surface area contributed by atoms with E-state index in [4.69, 9.17) is 28.8 Å². The van der Waals surface area contributed by atoms with Gasteiger partial charge in [0.2, 0.25) is 11.8 Å². The monoisotopic (exact) mass is 645 g/mol. The van der Waals surface area contributed by atoms with Crippen LogP contribution in [0.3, 0.4) is 0 Å². The largest absolute Gasteiger partial charge is 0.493 e. The first-order valence-corrected chi connectivity index (χ1v) is 15.4. The highest BCUT2D eigenvalue weighted by molar-refractivity contribution is 5.71. The van der Waals surface area contributed by atoms with Gasteiger partial charge in [0.25, 0.3) is 0 Å². The zero-order valence-corrected chi connectivity index (χ0v) is 26.9. The van der Waals surface area contributed by atoms with Gasteiger partial charge in [-0.05, 0) is 67.4 Å². The van der Waals surface area contributed by atoms with E-state index in [1.807, 2.05) is 97.8 Å². The van der Waals surface area contributed by atoms with Crippen LogP contribution in [0.15, 0.2) is 95.8 Å². The van der Waals surface area contributed by atoms with Crippen LogP contribution >= 0.6 is 0 Å². The lowest BCUT2D eigenvalue weighted by molar-refractivity contribution is -0.136. The summed E-state index contributed by atoms with van der Waals surface area (Å²) in [6.07, 6.45) is 9.68. The molecule has 0 unspecified atom stereocenters. The molecule has 0 saturated heterocycles. The molecule has 0 bridgehead atoms. The summed E-state index contributed by atoms with van der Waals surface area (Å²) in [5, 5.41) is 18.1. The van der Waals surface area contributed by atoms with Gasteiger partial charge in [0.1, 0.15) is 24.7 Å². The average molecular weight is 646 g/mol.